The molecule has 2 N–H and O–H groups in total. The van der Waals surface area contributed by atoms with Gasteiger partial charge in [0.2, 0.25) is 0 Å². The van der Waals surface area contributed by atoms with E-state index in [1.807, 2.05) is 6.92 Å². The van der Waals surface area contributed by atoms with Crippen molar-refractivity contribution in [3.63, 3.8) is 0 Å². The molecule has 2 rings (SSSR count). The van der Waals surface area contributed by atoms with E-state index < -0.39 is 0 Å². The van der Waals surface area contributed by atoms with Crippen molar-refractivity contribution in [2.75, 3.05) is 5.32 Å². The van der Waals surface area contributed by atoms with Crippen LogP contribution in [0.15, 0.2) is 40.9 Å². The lowest BCUT2D eigenvalue weighted by atomic mass is 10.2. The number of aryl methyl sites for hydroxylation is 1. The SMILES string of the molecule is Cc1ccc(F)c(NCc2ccc(O)c(Br)c2)c1. The van der Waals surface area contributed by atoms with Crippen molar-refractivity contribution in [1.82, 2.24) is 0 Å². The molecule has 4 heteroatoms. The van der Waals surface area contributed by atoms with Gasteiger partial charge in [-0.15, -0.1) is 0 Å². The largest absolute Gasteiger partial charge is 0.507 e. The van der Waals surface area contributed by atoms with E-state index >= 15 is 0 Å². The van der Waals surface area contributed by atoms with E-state index in [1.54, 1.807) is 30.3 Å². The number of phenolic OH excluding ortho intramolecular Hbond substituents is 1. The molecule has 0 aliphatic carbocycles. The summed E-state index contributed by atoms with van der Waals surface area (Å²) in [6.45, 7) is 2.42. The molecule has 2 aromatic rings. The second kappa shape index (κ2) is 5.40. The van der Waals surface area contributed by atoms with Crippen molar-refractivity contribution in [1.29, 1.82) is 0 Å². The average Bonchev–Trinajstić information content (AvgIpc) is 2.34. The molecule has 0 bridgehead atoms. The van der Waals surface area contributed by atoms with Crippen LogP contribution in [-0.2, 0) is 6.54 Å². The van der Waals surface area contributed by atoms with Crippen molar-refractivity contribution in [3.05, 3.63) is 57.8 Å². The van der Waals surface area contributed by atoms with Crippen LogP contribution in [0.1, 0.15) is 11.1 Å². The quantitative estimate of drug-likeness (QED) is 0.890. The summed E-state index contributed by atoms with van der Waals surface area (Å²) >= 11 is 3.25. The van der Waals surface area contributed by atoms with Crippen LogP contribution in [0.5, 0.6) is 5.75 Å². The Morgan fingerprint density at radius 1 is 1.22 bits per heavy atom. The summed E-state index contributed by atoms with van der Waals surface area (Å²) < 4.78 is 14.1. The second-order valence-corrected chi connectivity index (χ2v) is 4.98. The number of rotatable bonds is 3. The van der Waals surface area contributed by atoms with Crippen molar-refractivity contribution in [2.45, 2.75) is 13.5 Å². The van der Waals surface area contributed by atoms with E-state index in [2.05, 4.69) is 21.2 Å². The maximum Gasteiger partial charge on any atom is 0.146 e. The highest BCUT2D eigenvalue weighted by Gasteiger charge is 2.03. The van der Waals surface area contributed by atoms with Gasteiger partial charge in [0.15, 0.2) is 0 Å². The molecule has 0 unspecified atom stereocenters. The summed E-state index contributed by atoms with van der Waals surface area (Å²) in [6, 6.07) is 10.2. The predicted octanol–water partition coefficient (Wildman–Crippen LogP) is 4.21. The molecule has 18 heavy (non-hydrogen) atoms. The molecular weight excluding hydrogens is 297 g/mol. The van der Waals surface area contributed by atoms with Crippen LogP contribution in [0.4, 0.5) is 10.1 Å². The van der Waals surface area contributed by atoms with Crippen LogP contribution in [0.2, 0.25) is 0 Å². The fourth-order valence-corrected chi connectivity index (χ4v) is 2.06. The number of nitrogens with one attached hydrogen (secondary N) is 1. The predicted molar refractivity (Wildman–Crippen MR) is 74.3 cm³/mol. The van der Waals surface area contributed by atoms with Crippen molar-refractivity contribution < 1.29 is 9.50 Å². The first kappa shape index (κ1) is 12.9. The maximum absolute atomic E-state index is 13.5. The van der Waals surface area contributed by atoms with E-state index in [0.717, 1.165) is 11.1 Å². The highest BCUT2D eigenvalue weighted by Crippen LogP contribution is 2.25. The minimum Gasteiger partial charge on any atom is -0.507 e. The van der Waals surface area contributed by atoms with Crippen molar-refractivity contribution in [2.24, 2.45) is 0 Å². The van der Waals surface area contributed by atoms with Gasteiger partial charge in [-0.05, 0) is 58.2 Å². The number of benzene rings is 2. The number of phenols is 1. The lowest BCUT2D eigenvalue weighted by Crippen LogP contribution is -2.01. The van der Waals surface area contributed by atoms with Gasteiger partial charge in [-0.3, -0.25) is 0 Å². The summed E-state index contributed by atoms with van der Waals surface area (Å²) in [7, 11) is 0. The van der Waals surface area contributed by atoms with Crippen LogP contribution in [0.25, 0.3) is 0 Å². The van der Waals surface area contributed by atoms with Gasteiger partial charge in [0, 0.05) is 6.54 Å². The topological polar surface area (TPSA) is 32.3 Å². The van der Waals surface area contributed by atoms with Gasteiger partial charge < -0.3 is 10.4 Å². The molecule has 94 valence electrons. The smallest absolute Gasteiger partial charge is 0.146 e. The highest BCUT2D eigenvalue weighted by molar-refractivity contribution is 9.10. The first-order valence-corrected chi connectivity index (χ1v) is 6.33. The molecule has 0 saturated carbocycles. The van der Waals surface area contributed by atoms with Gasteiger partial charge in [0.25, 0.3) is 0 Å². The van der Waals surface area contributed by atoms with Crippen LogP contribution < -0.4 is 5.32 Å². The van der Waals surface area contributed by atoms with Crippen LogP contribution >= 0.6 is 15.9 Å². The molecule has 0 fully saturated rings. The lowest BCUT2D eigenvalue weighted by molar-refractivity contribution is 0.471. The minimum absolute atomic E-state index is 0.195. The molecule has 0 saturated heterocycles. The summed E-state index contributed by atoms with van der Waals surface area (Å²) in [5, 5.41) is 12.4. The van der Waals surface area contributed by atoms with Gasteiger partial charge in [-0.2, -0.15) is 0 Å². The zero-order valence-corrected chi connectivity index (χ0v) is 11.5. The summed E-state index contributed by atoms with van der Waals surface area (Å²) in [4.78, 5) is 0. The van der Waals surface area contributed by atoms with Gasteiger partial charge in [0.1, 0.15) is 11.6 Å². The molecule has 2 aromatic carbocycles. The third-order valence-corrected chi connectivity index (χ3v) is 3.25. The Morgan fingerprint density at radius 3 is 2.72 bits per heavy atom. The molecule has 0 amide bonds. The van der Waals surface area contributed by atoms with E-state index in [9.17, 15) is 9.50 Å². The van der Waals surface area contributed by atoms with Gasteiger partial charge in [0.05, 0.1) is 10.2 Å². The minimum atomic E-state index is -0.265. The van der Waals surface area contributed by atoms with Crippen molar-refractivity contribution in [3.8, 4) is 5.75 Å². The van der Waals surface area contributed by atoms with E-state index in [4.69, 9.17) is 0 Å². The van der Waals surface area contributed by atoms with E-state index in [0.29, 0.717) is 16.7 Å². The van der Waals surface area contributed by atoms with Crippen LogP contribution in [0, 0.1) is 12.7 Å². The Bertz CT molecular complexity index is 572. The van der Waals surface area contributed by atoms with Gasteiger partial charge >= 0.3 is 0 Å². The van der Waals surface area contributed by atoms with Gasteiger partial charge in [-0.25, -0.2) is 4.39 Å². The highest BCUT2D eigenvalue weighted by atomic mass is 79.9. The van der Waals surface area contributed by atoms with E-state index in [1.165, 1.54) is 6.07 Å². The van der Waals surface area contributed by atoms with Crippen LogP contribution in [-0.4, -0.2) is 5.11 Å². The number of aromatic hydroxyl groups is 1. The summed E-state index contributed by atoms with van der Waals surface area (Å²) in [5.41, 5.74) is 2.45. The summed E-state index contributed by atoms with van der Waals surface area (Å²) in [6.07, 6.45) is 0. The standard InChI is InChI=1S/C14H13BrFNO/c1-9-2-4-12(16)13(6-9)17-8-10-3-5-14(18)11(15)7-10/h2-7,17-18H,8H2,1H3. The molecule has 0 aliphatic rings. The molecule has 0 spiro atoms. The Kier molecular flexibility index (Phi) is 3.87. The molecule has 0 aromatic heterocycles. The zero-order valence-electron chi connectivity index (χ0n) is 9.87. The molecular formula is C14H13BrFNO. The molecule has 0 aliphatic heterocycles. The fourth-order valence-electron chi connectivity index (χ4n) is 1.63. The number of halogens is 2. The average molecular weight is 310 g/mol. The van der Waals surface area contributed by atoms with Gasteiger partial charge in [-0.1, -0.05) is 12.1 Å². The Morgan fingerprint density at radius 2 is 2.00 bits per heavy atom. The van der Waals surface area contributed by atoms with Crippen LogP contribution in [0.3, 0.4) is 0 Å². The monoisotopic (exact) mass is 309 g/mol. The van der Waals surface area contributed by atoms with Crippen molar-refractivity contribution >= 4 is 21.6 Å². The Hall–Kier alpha value is -1.55. The molecule has 0 radical (unpaired) electrons. The third kappa shape index (κ3) is 3.01. The third-order valence-electron chi connectivity index (χ3n) is 2.62. The summed E-state index contributed by atoms with van der Waals surface area (Å²) in [5.74, 6) is -0.0704. The normalized spacial score (nSPS) is 10.4. The number of anilines is 1. The maximum atomic E-state index is 13.5. The number of hydrogen-bond acceptors (Lipinski definition) is 2. The number of hydrogen-bond donors (Lipinski definition) is 2. The second-order valence-electron chi connectivity index (χ2n) is 4.12. The Labute approximate surface area is 114 Å². The Balaban J connectivity index is 2.11. The fraction of sp³-hybridized carbons (Fsp3) is 0.143. The first-order chi connectivity index (χ1) is 8.56. The van der Waals surface area contributed by atoms with E-state index in [-0.39, 0.29) is 11.6 Å². The zero-order chi connectivity index (χ0) is 13.1. The molecule has 0 heterocycles. The molecule has 0 atom stereocenters. The lowest BCUT2D eigenvalue weighted by Gasteiger charge is -2.09. The first-order valence-electron chi connectivity index (χ1n) is 5.53. The molecule has 2 nitrogen and oxygen atoms in total.